The minimum absolute atomic E-state index is 0. The third-order valence-electron chi connectivity index (χ3n) is 4.54. The molecule has 20 heavy (non-hydrogen) atoms. The summed E-state index contributed by atoms with van der Waals surface area (Å²) >= 11 is 0. The van der Waals surface area contributed by atoms with Crippen LogP contribution in [0.2, 0.25) is 0 Å². The molecule has 2 heterocycles. The fourth-order valence-corrected chi connectivity index (χ4v) is 3.56. The number of likely N-dealkylation sites (tertiary alicyclic amines) is 1. The zero-order valence-electron chi connectivity index (χ0n) is 12.0. The molecule has 2 N–H and O–H groups in total. The standard InChI is InChI=1S/C14H21N3O2.ClH/c1-8-13(19-9(2)16-8)14(18)17-6-10-4-3-5-12(15)11(10)7-17;/h10-12H,3-7,15H2,1-2H3;1H. The first-order valence-corrected chi connectivity index (χ1v) is 7.05. The second-order valence-electron chi connectivity index (χ2n) is 5.88. The van der Waals surface area contributed by atoms with Crippen LogP contribution in [0.5, 0.6) is 0 Å². The lowest BCUT2D eigenvalue weighted by molar-refractivity contribution is 0.0749. The van der Waals surface area contributed by atoms with Gasteiger partial charge >= 0.3 is 0 Å². The largest absolute Gasteiger partial charge is 0.436 e. The molecule has 3 atom stereocenters. The molecule has 112 valence electrons. The van der Waals surface area contributed by atoms with Gasteiger partial charge in [0.25, 0.3) is 5.91 Å². The summed E-state index contributed by atoms with van der Waals surface area (Å²) in [5.41, 5.74) is 6.86. The SMILES string of the molecule is Cc1nc(C)c(C(=O)N2CC3CCCC(N)C3C2)o1.Cl. The van der Waals surface area contributed by atoms with Crippen molar-refractivity contribution in [3.05, 3.63) is 17.3 Å². The maximum absolute atomic E-state index is 12.5. The Morgan fingerprint density at radius 3 is 2.70 bits per heavy atom. The Morgan fingerprint density at radius 2 is 2.10 bits per heavy atom. The highest BCUT2D eigenvalue weighted by molar-refractivity contribution is 5.92. The molecule has 2 aliphatic rings. The van der Waals surface area contributed by atoms with Crippen LogP contribution in [-0.4, -0.2) is 34.9 Å². The van der Waals surface area contributed by atoms with Gasteiger partial charge in [-0.1, -0.05) is 6.42 Å². The zero-order valence-corrected chi connectivity index (χ0v) is 12.8. The van der Waals surface area contributed by atoms with Gasteiger partial charge in [0.15, 0.2) is 5.89 Å². The number of fused-ring (bicyclic) bond motifs is 1. The van der Waals surface area contributed by atoms with E-state index in [1.54, 1.807) is 6.92 Å². The second kappa shape index (κ2) is 5.74. The summed E-state index contributed by atoms with van der Waals surface area (Å²) in [7, 11) is 0. The van der Waals surface area contributed by atoms with Crippen molar-refractivity contribution in [3.8, 4) is 0 Å². The van der Waals surface area contributed by atoms with Gasteiger partial charge in [0.2, 0.25) is 5.76 Å². The fraction of sp³-hybridized carbons (Fsp3) is 0.714. The number of hydrogen-bond donors (Lipinski definition) is 1. The predicted octanol–water partition coefficient (Wildman–Crippen LogP) is 1.91. The van der Waals surface area contributed by atoms with E-state index in [-0.39, 0.29) is 24.4 Å². The summed E-state index contributed by atoms with van der Waals surface area (Å²) in [5, 5.41) is 0. The molecule has 2 fully saturated rings. The minimum atomic E-state index is -0.0281. The Labute approximate surface area is 125 Å². The molecule has 0 bridgehead atoms. The van der Waals surface area contributed by atoms with E-state index < -0.39 is 0 Å². The van der Waals surface area contributed by atoms with E-state index >= 15 is 0 Å². The Morgan fingerprint density at radius 1 is 1.35 bits per heavy atom. The van der Waals surface area contributed by atoms with Gasteiger partial charge in [-0.2, -0.15) is 0 Å². The van der Waals surface area contributed by atoms with Crippen LogP contribution >= 0.6 is 12.4 Å². The normalized spacial score (nSPS) is 28.9. The number of amides is 1. The molecule has 1 aliphatic carbocycles. The molecule has 0 radical (unpaired) electrons. The quantitative estimate of drug-likeness (QED) is 0.860. The van der Waals surface area contributed by atoms with Crippen LogP contribution in [0.15, 0.2) is 4.42 Å². The third-order valence-corrected chi connectivity index (χ3v) is 4.54. The summed E-state index contributed by atoms with van der Waals surface area (Å²) in [6.45, 7) is 5.17. The first kappa shape index (κ1) is 15.3. The lowest BCUT2D eigenvalue weighted by Gasteiger charge is -2.29. The molecule has 3 rings (SSSR count). The number of aromatic nitrogens is 1. The number of halogens is 1. The van der Waals surface area contributed by atoms with Crippen LogP contribution in [0.4, 0.5) is 0 Å². The van der Waals surface area contributed by atoms with E-state index in [9.17, 15) is 4.79 Å². The summed E-state index contributed by atoms with van der Waals surface area (Å²) < 4.78 is 5.44. The molecule has 1 aromatic rings. The van der Waals surface area contributed by atoms with Crippen LogP contribution in [0.25, 0.3) is 0 Å². The summed E-state index contributed by atoms with van der Waals surface area (Å²) in [5.74, 6) is 1.94. The summed E-state index contributed by atoms with van der Waals surface area (Å²) in [6, 6.07) is 0.245. The van der Waals surface area contributed by atoms with E-state index in [4.69, 9.17) is 10.2 Å². The molecule has 1 saturated heterocycles. The van der Waals surface area contributed by atoms with Gasteiger partial charge in [0.05, 0.1) is 5.69 Å². The van der Waals surface area contributed by atoms with Gasteiger partial charge < -0.3 is 15.1 Å². The molecule has 0 aromatic carbocycles. The fourth-order valence-electron chi connectivity index (χ4n) is 3.56. The average molecular weight is 300 g/mol. The van der Waals surface area contributed by atoms with Gasteiger partial charge in [-0.05, 0) is 31.6 Å². The molecule has 5 nitrogen and oxygen atoms in total. The van der Waals surface area contributed by atoms with E-state index in [0.29, 0.717) is 29.2 Å². The number of nitrogens with two attached hydrogens (primary N) is 1. The average Bonchev–Trinajstić information content (AvgIpc) is 2.93. The smallest absolute Gasteiger partial charge is 0.291 e. The first-order valence-electron chi connectivity index (χ1n) is 7.05. The van der Waals surface area contributed by atoms with Gasteiger partial charge in [0.1, 0.15) is 0 Å². The minimum Gasteiger partial charge on any atom is -0.436 e. The molecular weight excluding hydrogens is 278 g/mol. The van der Waals surface area contributed by atoms with Crippen molar-refractivity contribution in [2.45, 2.75) is 39.2 Å². The molecule has 1 amide bonds. The van der Waals surface area contributed by atoms with Gasteiger partial charge in [0, 0.05) is 26.1 Å². The summed E-state index contributed by atoms with van der Waals surface area (Å²) in [4.78, 5) is 18.5. The van der Waals surface area contributed by atoms with Crippen molar-refractivity contribution in [2.24, 2.45) is 17.6 Å². The topological polar surface area (TPSA) is 72.4 Å². The van der Waals surface area contributed by atoms with E-state index in [2.05, 4.69) is 4.98 Å². The monoisotopic (exact) mass is 299 g/mol. The lowest BCUT2D eigenvalue weighted by Crippen LogP contribution is -2.38. The van der Waals surface area contributed by atoms with Crippen LogP contribution in [0, 0.1) is 25.7 Å². The highest BCUT2D eigenvalue weighted by atomic mass is 35.5. The van der Waals surface area contributed by atoms with E-state index in [1.807, 2.05) is 11.8 Å². The Bertz CT molecular complexity index is 503. The number of aryl methyl sites for hydroxylation is 2. The van der Waals surface area contributed by atoms with Crippen molar-refractivity contribution in [1.29, 1.82) is 0 Å². The second-order valence-corrected chi connectivity index (χ2v) is 5.88. The summed E-state index contributed by atoms with van der Waals surface area (Å²) in [6.07, 6.45) is 3.46. The molecule has 6 heteroatoms. The molecular formula is C14H22ClN3O2. The van der Waals surface area contributed by atoms with Crippen LogP contribution in [0.1, 0.15) is 41.4 Å². The maximum Gasteiger partial charge on any atom is 0.291 e. The van der Waals surface area contributed by atoms with Crippen LogP contribution in [0.3, 0.4) is 0 Å². The van der Waals surface area contributed by atoms with Gasteiger partial charge in [-0.25, -0.2) is 4.98 Å². The molecule has 0 spiro atoms. The van der Waals surface area contributed by atoms with Crippen LogP contribution < -0.4 is 5.73 Å². The molecule has 1 saturated carbocycles. The lowest BCUT2D eigenvalue weighted by atomic mass is 9.78. The van der Waals surface area contributed by atoms with E-state index in [1.165, 1.54) is 12.8 Å². The number of carbonyl (C=O) groups is 1. The van der Waals surface area contributed by atoms with Crippen molar-refractivity contribution in [1.82, 2.24) is 9.88 Å². The first-order chi connectivity index (χ1) is 9.06. The number of hydrogen-bond acceptors (Lipinski definition) is 4. The highest BCUT2D eigenvalue weighted by Gasteiger charge is 2.41. The molecule has 1 aliphatic heterocycles. The molecule has 3 unspecified atom stereocenters. The highest BCUT2D eigenvalue weighted by Crippen LogP contribution is 2.36. The Hall–Kier alpha value is -1.07. The predicted molar refractivity (Wildman–Crippen MR) is 77.9 cm³/mol. The number of nitrogens with zero attached hydrogens (tertiary/aromatic N) is 2. The van der Waals surface area contributed by atoms with Crippen molar-refractivity contribution in [2.75, 3.05) is 13.1 Å². The number of rotatable bonds is 1. The zero-order chi connectivity index (χ0) is 13.6. The van der Waals surface area contributed by atoms with Crippen LogP contribution in [-0.2, 0) is 0 Å². The number of carbonyl (C=O) groups excluding carboxylic acids is 1. The Balaban J connectivity index is 0.00000147. The Kier molecular flexibility index (Phi) is 4.39. The van der Waals surface area contributed by atoms with E-state index in [0.717, 1.165) is 19.5 Å². The van der Waals surface area contributed by atoms with Crippen molar-refractivity contribution in [3.63, 3.8) is 0 Å². The maximum atomic E-state index is 12.5. The van der Waals surface area contributed by atoms with Gasteiger partial charge in [-0.15, -0.1) is 12.4 Å². The van der Waals surface area contributed by atoms with Crippen molar-refractivity contribution >= 4 is 18.3 Å². The third kappa shape index (κ3) is 2.56. The number of oxazole rings is 1. The molecule has 1 aromatic heterocycles. The van der Waals surface area contributed by atoms with Crippen molar-refractivity contribution < 1.29 is 9.21 Å². The van der Waals surface area contributed by atoms with Gasteiger partial charge in [-0.3, -0.25) is 4.79 Å².